The lowest BCUT2D eigenvalue weighted by Crippen LogP contribution is -2.26. The topological polar surface area (TPSA) is 15.3 Å². The predicted octanol–water partition coefficient (Wildman–Crippen LogP) is 2.96. The van der Waals surface area contributed by atoms with E-state index in [1.54, 1.807) is 6.07 Å². The summed E-state index contributed by atoms with van der Waals surface area (Å²) < 4.78 is 26.2. The van der Waals surface area contributed by atoms with Gasteiger partial charge in [-0.3, -0.25) is 0 Å². The molecule has 2 nitrogen and oxygen atoms in total. The minimum atomic E-state index is -0.791. The van der Waals surface area contributed by atoms with Crippen molar-refractivity contribution >= 4 is 0 Å². The van der Waals surface area contributed by atoms with Gasteiger partial charge in [0.05, 0.1) is 0 Å². The van der Waals surface area contributed by atoms with Crippen LogP contribution < -0.4 is 5.32 Å². The third kappa shape index (κ3) is 4.70. The monoisotopic (exact) mass is 256 g/mol. The molecule has 0 aliphatic heterocycles. The van der Waals surface area contributed by atoms with Gasteiger partial charge in [0.25, 0.3) is 0 Å². The van der Waals surface area contributed by atoms with Gasteiger partial charge >= 0.3 is 0 Å². The summed E-state index contributed by atoms with van der Waals surface area (Å²) in [5.41, 5.74) is 0.809. The fourth-order valence-electron chi connectivity index (χ4n) is 1.82. The Morgan fingerprint density at radius 2 is 1.94 bits per heavy atom. The van der Waals surface area contributed by atoms with Gasteiger partial charge in [-0.05, 0) is 57.7 Å². The Kier molecular flexibility index (Phi) is 6.22. The van der Waals surface area contributed by atoms with Gasteiger partial charge < -0.3 is 10.2 Å². The summed E-state index contributed by atoms with van der Waals surface area (Å²) in [7, 11) is 4.00. The zero-order valence-electron chi connectivity index (χ0n) is 11.3. The Bertz CT molecular complexity index is 367. The van der Waals surface area contributed by atoms with Gasteiger partial charge in [-0.25, -0.2) is 8.78 Å². The summed E-state index contributed by atoms with van der Waals surface area (Å²) in [6.45, 7) is 3.86. The summed E-state index contributed by atoms with van der Waals surface area (Å²) in [4.78, 5) is 2.08. The summed E-state index contributed by atoms with van der Waals surface area (Å²) >= 11 is 0. The second-order valence-corrected chi connectivity index (χ2v) is 4.77. The fourth-order valence-corrected chi connectivity index (χ4v) is 1.82. The highest BCUT2D eigenvalue weighted by molar-refractivity contribution is 5.21. The number of benzene rings is 1. The van der Waals surface area contributed by atoms with Crippen molar-refractivity contribution in [1.29, 1.82) is 0 Å². The summed E-state index contributed by atoms with van der Waals surface area (Å²) in [5.74, 6) is -1.57. The molecule has 1 N–H and O–H groups in total. The fraction of sp³-hybridized carbons (Fsp3) is 0.571. The van der Waals surface area contributed by atoms with Crippen molar-refractivity contribution < 1.29 is 8.78 Å². The average molecular weight is 256 g/mol. The molecule has 0 bridgehead atoms. The van der Waals surface area contributed by atoms with Crippen LogP contribution >= 0.6 is 0 Å². The molecule has 0 radical (unpaired) electrons. The van der Waals surface area contributed by atoms with Crippen LogP contribution in [0.25, 0.3) is 0 Å². The van der Waals surface area contributed by atoms with Crippen molar-refractivity contribution in [3.63, 3.8) is 0 Å². The second kappa shape index (κ2) is 7.44. The molecule has 1 unspecified atom stereocenters. The molecule has 0 aliphatic carbocycles. The number of nitrogens with zero attached hydrogens (tertiary/aromatic N) is 1. The van der Waals surface area contributed by atoms with Crippen LogP contribution in [0.1, 0.15) is 31.4 Å². The molecule has 1 rings (SSSR count). The van der Waals surface area contributed by atoms with E-state index >= 15 is 0 Å². The minimum absolute atomic E-state index is 0.0717. The van der Waals surface area contributed by atoms with Gasteiger partial charge in [0.1, 0.15) is 0 Å². The molecule has 0 aromatic heterocycles. The molecule has 1 aromatic carbocycles. The highest BCUT2D eigenvalue weighted by atomic mass is 19.2. The van der Waals surface area contributed by atoms with Crippen molar-refractivity contribution in [2.75, 3.05) is 27.2 Å². The maximum atomic E-state index is 13.2. The molecule has 1 atom stereocenters. The van der Waals surface area contributed by atoms with E-state index in [0.717, 1.165) is 31.5 Å². The molecule has 4 heteroatoms. The zero-order chi connectivity index (χ0) is 13.5. The quantitative estimate of drug-likeness (QED) is 0.807. The van der Waals surface area contributed by atoms with E-state index < -0.39 is 11.6 Å². The predicted molar refractivity (Wildman–Crippen MR) is 70.6 cm³/mol. The zero-order valence-corrected chi connectivity index (χ0v) is 11.3. The first-order valence-electron chi connectivity index (χ1n) is 6.37. The summed E-state index contributed by atoms with van der Waals surface area (Å²) in [5, 5.41) is 3.37. The first-order chi connectivity index (χ1) is 8.54. The van der Waals surface area contributed by atoms with E-state index in [-0.39, 0.29) is 6.04 Å². The molecule has 0 amide bonds. The molecule has 1 aromatic rings. The van der Waals surface area contributed by atoms with Crippen molar-refractivity contribution in [3.05, 3.63) is 35.4 Å². The smallest absolute Gasteiger partial charge is 0.159 e. The van der Waals surface area contributed by atoms with Crippen LogP contribution in [0.2, 0.25) is 0 Å². The number of nitrogens with one attached hydrogen (secondary N) is 1. The van der Waals surface area contributed by atoms with Crippen molar-refractivity contribution in [2.45, 2.75) is 25.8 Å². The Morgan fingerprint density at radius 3 is 2.50 bits per heavy atom. The van der Waals surface area contributed by atoms with Gasteiger partial charge in [0, 0.05) is 6.04 Å². The number of rotatable bonds is 7. The highest BCUT2D eigenvalue weighted by Gasteiger charge is 2.13. The SMILES string of the molecule is CCCNC(CCN(C)C)c1ccc(F)c(F)c1. The van der Waals surface area contributed by atoms with E-state index in [0.29, 0.717) is 0 Å². The molecule has 0 heterocycles. The lowest BCUT2D eigenvalue weighted by atomic mass is 10.0. The number of hydrogen-bond acceptors (Lipinski definition) is 2. The standard InChI is InChI=1S/C14H22F2N2/c1-4-8-17-14(7-9-18(2)3)11-5-6-12(15)13(16)10-11/h5-6,10,14,17H,4,7-9H2,1-3H3. The third-order valence-electron chi connectivity index (χ3n) is 2.85. The molecular weight excluding hydrogens is 234 g/mol. The molecule has 18 heavy (non-hydrogen) atoms. The van der Waals surface area contributed by atoms with Crippen LogP contribution in [0, 0.1) is 11.6 Å². The maximum absolute atomic E-state index is 13.2. The third-order valence-corrected chi connectivity index (χ3v) is 2.85. The van der Waals surface area contributed by atoms with E-state index in [1.807, 2.05) is 14.1 Å². The highest BCUT2D eigenvalue weighted by Crippen LogP contribution is 2.19. The Labute approximate surface area is 108 Å². The van der Waals surface area contributed by atoms with Gasteiger partial charge in [-0.2, -0.15) is 0 Å². The molecule has 102 valence electrons. The van der Waals surface area contributed by atoms with Gasteiger partial charge in [-0.1, -0.05) is 13.0 Å². The lowest BCUT2D eigenvalue weighted by Gasteiger charge is -2.21. The molecular formula is C14H22F2N2. The maximum Gasteiger partial charge on any atom is 0.159 e. The Balaban J connectivity index is 2.76. The van der Waals surface area contributed by atoms with Crippen LogP contribution in [-0.4, -0.2) is 32.1 Å². The van der Waals surface area contributed by atoms with Crippen LogP contribution in [0.5, 0.6) is 0 Å². The number of halogens is 2. The first kappa shape index (κ1) is 15.1. The van der Waals surface area contributed by atoms with Crippen LogP contribution in [0.3, 0.4) is 0 Å². The van der Waals surface area contributed by atoms with E-state index in [9.17, 15) is 8.78 Å². The van der Waals surface area contributed by atoms with Gasteiger partial charge in [-0.15, -0.1) is 0 Å². The molecule has 0 spiro atoms. The summed E-state index contributed by atoms with van der Waals surface area (Å²) in [6, 6.07) is 4.21. The van der Waals surface area contributed by atoms with Crippen molar-refractivity contribution in [3.8, 4) is 0 Å². The number of hydrogen-bond donors (Lipinski definition) is 1. The van der Waals surface area contributed by atoms with E-state index in [4.69, 9.17) is 0 Å². The largest absolute Gasteiger partial charge is 0.310 e. The Morgan fingerprint density at radius 1 is 1.22 bits per heavy atom. The van der Waals surface area contributed by atoms with Gasteiger partial charge in [0.2, 0.25) is 0 Å². The minimum Gasteiger partial charge on any atom is -0.310 e. The first-order valence-corrected chi connectivity index (χ1v) is 6.37. The summed E-state index contributed by atoms with van der Waals surface area (Å²) in [6.07, 6.45) is 1.89. The van der Waals surface area contributed by atoms with Crippen molar-refractivity contribution in [2.24, 2.45) is 0 Å². The molecule has 0 saturated heterocycles. The van der Waals surface area contributed by atoms with E-state index in [2.05, 4.69) is 17.1 Å². The molecule has 0 saturated carbocycles. The molecule has 0 aliphatic rings. The normalized spacial score (nSPS) is 13.0. The lowest BCUT2D eigenvalue weighted by molar-refractivity contribution is 0.360. The van der Waals surface area contributed by atoms with Crippen LogP contribution in [0.15, 0.2) is 18.2 Å². The van der Waals surface area contributed by atoms with Crippen LogP contribution in [-0.2, 0) is 0 Å². The average Bonchev–Trinajstić information content (AvgIpc) is 2.33. The van der Waals surface area contributed by atoms with Crippen molar-refractivity contribution in [1.82, 2.24) is 10.2 Å². The van der Waals surface area contributed by atoms with E-state index in [1.165, 1.54) is 12.1 Å². The van der Waals surface area contributed by atoms with Gasteiger partial charge in [0.15, 0.2) is 11.6 Å². The second-order valence-electron chi connectivity index (χ2n) is 4.77. The molecule has 0 fully saturated rings. The Hall–Kier alpha value is -1.00. The van der Waals surface area contributed by atoms with Crippen LogP contribution in [0.4, 0.5) is 8.78 Å².